The van der Waals surface area contributed by atoms with Crippen LogP contribution in [-0.2, 0) is 14.6 Å². The molecule has 2 aliphatic rings. The van der Waals surface area contributed by atoms with E-state index >= 15 is 0 Å². The van der Waals surface area contributed by atoms with E-state index in [4.69, 9.17) is 0 Å². The lowest BCUT2D eigenvalue weighted by Gasteiger charge is -2.40. The number of likely N-dealkylation sites (tertiary alicyclic amines) is 1. The zero-order valence-corrected chi connectivity index (χ0v) is 14.7. The molecule has 1 aliphatic heterocycles. The molecule has 1 saturated carbocycles. The first kappa shape index (κ1) is 16.8. The number of thioether (sulfide) groups is 1. The highest BCUT2D eigenvalue weighted by atomic mass is 32.2. The number of aromatic nitrogens is 1. The Bertz CT molecular complexity index is 637. The average molecular weight is 354 g/mol. The van der Waals surface area contributed by atoms with Crippen LogP contribution in [0.15, 0.2) is 29.4 Å². The van der Waals surface area contributed by atoms with Crippen LogP contribution < -0.4 is 0 Å². The third-order valence-electron chi connectivity index (χ3n) is 4.69. The van der Waals surface area contributed by atoms with Crippen molar-refractivity contribution in [3.63, 3.8) is 0 Å². The fourth-order valence-corrected chi connectivity index (χ4v) is 6.28. The Kier molecular flexibility index (Phi) is 5.26. The van der Waals surface area contributed by atoms with Gasteiger partial charge >= 0.3 is 0 Å². The summed E-state index contributed by atoms with van der Waals surface area (Å²) in [6.07, 6.45) is 8.17. The van der Waals surface area contributed by atoms with E-state index in [1.54, 1.807) is 17.3 Å². The first-order valence-electron chi connectivity index (χ1n) is 8.10. The van der Waals surface area contributed by atoms with Crippen LogP contribution in [0.1, 0.15) is 32.1 Å². The topological polar surface area (TPSA) is 67.3 Å². The van der Waals surface area contributed by atoms with E-state index in [9.17, 15) is 13.2 Å². The summed E-state index contributed by atoms with van der Waals surface area (Å²) in [6.45, 7) is 0.739. The molecule has 1 aromatic rings. The Morgan fingerprint density at radius 1 is 1.13 bits per heavy atom. The lowest BCUT2D eigenvalue weighted by atomic mass is 10.0. The third kappa shape index (κ3) is 3.88. The van der Waals surface area contributed by atoms with Gasteiger partial charge in [-0.2, -0.15) is 0 Å². The summed E-state index contributed by atoms with van der Waals surface area (Å²) in [5, 5.41) is -0.523. The number of carbonyl (C=O) groups excluding carboxylic acids is 1. The second kappa shape index (κ2) is 7.21. The van der Waals surface area contributed by atoms with Crippen LogP contribution in [0.2, 0.25) is 0 Å². The molecule has 1 amide bonds. The minimum absolute atomic E-state index is 0.0157. The molecule has 2 fully saturated rings. The molecule has 7 heteroatoms. The lowest BCUT2D eigenvalue weighted by molar-refractivity contribution is -0.131. The summed E-state index contributed by atoms with van der Waals surface area (Å²) in [4.78, 5) is 18.7. The Hall–Kier alpha value is -1.08. The van der Waals surface area contributed by atoms with Gasteiger partial charge in [0.2, 0.25) is 5.91 Å². The Labute approximate surface area is 141 Å². The Morgan fingerprint density at radius 3 is 2.43 bits per heavy atom. The number of carbonyl (C=O) groups is 1. The SMILES string of the molecule is O=C(CSc1ccncc1)N1CC(S(=O)(=O)C2CCCCC2)C1. The van der Waals surface area contributed by atoms with Gasteiger partial charge in [0.05, 0.1) is 16.3 Å². The number of amides is 1. The molecule has 0 bridgehead atoms. The Morgan fingerprint density at radius 2 is 1.78 bits per heavy atom. The van der Waals surface area contributed by atoms with Crippen LogP contribution in [-0.4, -0.2) is 53.6 Å². The highest BCUT2D eigenvalue weighted by Crippen LogP contribution is 2.30. The molecule has 1 aromatic heterocycles. The third-order valence-corrected chi connectivity index (χ3v) is 8.32. The highest BCUT2D eigenvalue weighted by Gasteiger charge is 2.43. The first-order valence-corrected chi connectivity index (χ1v) is 10.7. The van der Waals surface area contributed by atoms with Gasteiger partial charge in [0.15, 0.2) is 9.84 Å². The molecule has 23 heavy (non-hydrogen) atoms. The zero-order valence-electron chi connectivity index (χ0n) is 13.1. The van der Waals surface area contributed by atoms with Crippen molar-refractivity contribution in [3.8, 4) is 0 Å². The maximum atomic E-state index is 12.6. The fraction of sp³-hybridized carbons (Fsp3) is 0.625. The molecule has 0 N–H and O–H groups in total. The summed E-state index contributed by atoms with van der Waals surface area (Å²) < 4.78 is 25.1. The summed E-state index contributed by atoms with van der Waals surface area (Å²) in [5.74, 6) is 0.363. The predicted molar refractivity (Wildman–Crippen MR) is 91.1 cm³/mol. The number of sulfone groups is 1. The van der Waals surface area contributed by atoms with Gasteiger partial charge in [-0.3, -0.25) is 9.78 Å². The van der Waals surface area contributed by atoms with Crippen molar-refractivity contribution in [1.29, 1.82) is 0 Å². The zero-order chi connectivity index (χ0) is 16.3. The van der Waals surface area contributed by atoms with Crippen molar-refractivity contribution >= 4 is 27.5 Å². The smallest absolute Gasteiger partial charge is 0.233 e. The molecule has 0 aromatic carbocycles. The monoisotopic (exact) mass is 354 g/mol. The molecule has 5 nitrogen and oxygen atoms in total. The maximum absolute atomic E-state index is 12.6. The molecule has 3 rings (SSSR count). The van der Waals surface area contributed by atoms with Crippen molar-refractivity contribution in [3.05, 3.63) is 24.5 Å². The molecule has 0 unspecified atom stereocenters. The van der Waals surface area contributed by atoms with Gasteiger partial charge in [-0.25, -0.2) is 8.42 Å². The fourth-order valence-electron chi connectivity index (χ4n) is 3.19. The molecule has 2 heterocycles. The summed E-state index contributed by atoms with van der Waals surface area (Å²) in [5.41, 5.74) is 0. The summed E-state index contributed by atoms with van der Waals surface area (Å²) >= 11 is 1.46. The predicted octanol–water partition coefficient (Wildman–Crippen LogP) is 2.13. The number of nitrogens with zero attached hydrogens (tertiary/aromatic N) is 2. The van der Waals surface area contributed by atoms with Crippen molar-refractivity contribution in [2.24, 2.45) is 0 Å². The van der Waals surface area contributed by atoms with Gasteiger partial charge < -0.3 is 4.90 Å². The van der Waals surface area contributed by atoms with Crippen molar-refractivity contribution in [1.82, 2.24) is 9.88 Å². The second-order valence-electron chi connectivity index (χ2n) is 6.24. The quantitative estimate of drug-likeness (QED) is 0.758. The number of hydrogen-bond donors (Lipinski definition) is 0. The molecule has 0 radical (unpaired) electrons. The number of hydrogen-bond acceptors (Lipinski definition) is 5. The summed E-state index contributed by atoms with van der Waals surface area (Å²) in [7, 11) is -3.07. The minimum atomic E-state index is -3.07. The highest BCUT2D eigenvalue weighted by molar-refractivity contribution is 8.00. The lowest BCUT2D eigenvalue weighted by Crippen LogP contribution is -2.59. The van der Waals surface area contributed by atoms with Crippen molar-refractivity contribution in [2.45, 2.75) is 47.5 Å². The molecule has 0 spiro atoms. The van der Waals surface area contributed by atoms with Gasteiger partial charge in [0, 0.05) is 30.4 Å². The van der Waals surface area contributed by atoms with Gasteiger partial charge in [0.25, 0.3) is 0 Å². The molecular weight excluding hydrogens is 332 g/mol. The largest absolute Gasteiger partial charge is 0.339 e. The molecule has 1 saturated heterocycles. The van der Waals surface area contributed by atoms with Crippen LogP contribution >= 0.6 is 11.8 Å². The first-order chi connectivity index (χ1) is 11.1. The maximum Gasteiger partial charge on any atom is 0.233 e. The standard InChI is InChI=1S/C16H22N2O3S2/c19-16(12-22-13-6-8-17-9-7-13)18-10-15(11-18)23(20,21)14-4-2-1-3-5-14/h6-9,14-15H,1-5,10-12H2. The normalized spacial score (nSPS) is 20.3. The number of rotatable bonds is 5. The minimum Gasteiger partial charge on any atom is -0.339 e. The molecule has 0 atom stereocenters. The molecule has 1 aliphatic carbocycles. The van der Waals surface area contributed by atoms with E-state index in [0.717, 1.165) is 37.0 Å². The van der Waals surface area contributed by atoms with E-state index in [-0.39, 0.29) is 16.4 Å². The molecule has 126 valence electrons. The van der Waals surface area contributed by atoms with Crippen molar-refractivity contribution in [2.75, 3.05) is 18.8 Å². The molecular formula is C16H22N2O3S2. The van der Waals surface area contributed by atoms with Gasteiger partial charge in [-0.05, 0) is 25.0 Å². The average Bonchev–Trinajstić information content (AvgIpc) is 2.53. The van der Waals surface area contributed by atoms with E-state index in [1.165, 1.54) is 11.8 Å². The Balaban J connectivity index is 1.47. The van der Waals surface area contributed by atoms with Gasteiger partial charge in [-0.15, -0.1) is 11.8 Å². The van der Waals surface area contributed by atoms with Gasteiger partial charge in [0.1, 0.15) is 0 Å². The van der Waals surface area contributed by atoms with Crippen LogP contribution in [0.5, 0.6) is 0 Å². The van der Waals surface area contributed by atoms with Crippen LogP contribution in [0.25, 0.3) is 0 Å². The van der Waals surface area contributed by atoms with Crippen LogP contribution in [0, 0.1) is 0 Å². The van der Waals surface area contributed by atoms with E-state index in [0.29, 0.717) is 18.8 Å². The summed E-state index contributed by atoms with van der Waals surface area (Å²) in [6, 6.07) is 3.73. The van der Waals surface area contributed by atoms with Crippen molar-refractivity contribution < 1.29 is 13.2 Å². The second-order valence-corrected chi connectivity index (χ2v) is 9.80. The van der Waals surface area contributed by atoms with E-state index < -0.39 is 9.84 Å². The van der Waals surface area contributed by atoms with Gasteiger partial charge in [-0.1, -0.05) is 19.3 Å². The van der Waals surface area contributed by atoms with Crippen LogP contribution in [0.3, 0.4) is 0 Å². The van der Waals surface area contributed by atoms with E-state index in [1.807, 2.05) is 12.1 Å². The van der Waals surface area contributed by atoms with E-state index in [2.05, 4.69) is 4.98 Å². The number of pyridine rings is 1. The van der Waals surface area contributed by atoms with Crippen LogP contribution in [0.4, 0.5) is 0 Å².